The van der Waals surface area contributed by atoms with Crippen LogP contribution in [-0.4, -0.2) is 0 Å². The molecular formula is C21H19N. The average molecular weight is 285 g/mol. The third-order valence-corrected chi connectivity index (χ3v) is 3.10. The fourth-order valence-electron chi connectivity index (χ4n) is 2.17. The molecule has 0 heterocycles. The van der Waals surface area contributed by atoms with Crippen LogP contribution in [0.5, 0.6) is 0 Å². The summed E-state index contributed by atoms with van der Waals surface area (Å²) in [6.45, 7) is 3.82. The van der Waals surface area contributed by atoms with Crippen LogP contribution in [0, 0.1) is 12.3 Å². The smallest absolute Gasteiger partial charge is 0.0461 e. The van der Waals surface area contributed by atoms with E-state index < -0.39 is 0 Å². The molecule has 0 radical (unpaired) electrons. The molecule has 0 saturated heterocycles. The monoisotopic (exact) mass is 285 g/mol. The molecule has 2 aromatic rings. The number of terminal acetylenes is 1. The summed E-state index contributed by atoms with van der Waals surface area (Å²) in [5.74, 6) is 2.63. The number of allylic oxidation sites excluding steroid dienone is 4. The largest absolute Gasteiger partial charge is 0.311 e. The Morgan fingerprint density at radius 3 is 2.00 bits per heavy atom. The van der Waals surface area contributed by atoms with Crippen molar-refractivity contribution in [1.82, 2.24) is 0 Å². The first kappa shape index (κ1) is 15.4. The van der Waals surface area contributed by atoms with E-state index in [0.717, 1.165) is 17.1 Å². The minimum Gasteiger partial charge on any atom is -0.311 e. The summed E-state index contributed by atoms with van der Waals surface area (Å²) in [6.07, 6.45) is 13.7. The quantitative estimate of drug-likeness (QED) is 0.502. The van der Waals surface area contributed by atoms with Crippen molar-refractivity contribution in [2.24, 2.45) is 0 Å². The topological polar surface area (TPSA) is 3.24 Å². The Morgan fingerprint density at radius 2 is 1.55 bits per heavy atom. The molecule has 1 heteroatoms. The number of benzene rings is 2. The van der Waals surface area contributed by atoms with Crippen molar-refractivity contribution in [2.45, 2.75) is 6.42 Å². The molecule has 0 fully saturated rings. The molecule has 0 atom stereocenters. The van der Waals surface area contributed by atoms with E-state index in [-0.39, 0.29) is 0 Å². The fraction of sp³-hybridized carbons (Fsp3) is 0.0476. The lowest BCUT2D eigenvalue weighted by Gasteiger charge is -2.26. The molecule has 0 spiro atoms. The standard InChI is InChI=1S/C21H19N/c1-3-5-8-14-19(13-4-2)22(20-15-9-6-10-16-20)21-17-11-7-12-18-21/h1,4,6-18H,2,5H2/b14-8-,19-13+. The highest BCUT2D eigenvalue weighted by atomic mass is 15.1. The van der Waals surface area contributed by atoms with Crippen molar-refractivity contribution in [3.05, 3.63) is 97.2 Å². The maximum Gasteiger partial charge on any atom is 0.0461 e. The molecule has 0 bridgehead atoms. The predicted molar refractivity (Wildman–Crippen MR) is 95.9 cm³/mol. The van der Waals surface area contributed by atoms with E-state index in [4.69, 9.17) is 6.42 Å². The zero-order chi connectivity index (χ0) is 15.6. The van der Waals surface area contributed by atoms with Gasteiger partial charge in [0.15, 0.2) is 0 Å². The second kappa shape index (κ2) is 8.34. The van der Waals surface area contributed by atoms with Crippen LogP contribution < -0.4 is 4.90 Å². The van der Waals surface area contributed by atoms with E-state index in [2.05, 4.69) is 41.7 Å². The van der Waals surface area contributed by atoms with Crippen molar-refractivity contribution in [1.29, 1.82) is 0 Å². The molecule has 0 aliphatic heterocycles. The predicted octanol–water partition coefficient (Wildman–Crippen LogP) is 5.47. The van der Waals surface area contributed by atoms with Crippen molar-refractivity contribution in [2.75, 3.05) is 4.90 Å². The zero-order valence-electron chi connectivity index (χ0n) is 12.5. The molecule has 108 valence electrons. The molecule has 0 unspecified atom stereocenters. The van der Waals surface area contributed by atoms with Crippen LogP contribution in [0.2, 0.25) is 0 Å². The number of para-hydroxylation sites is 2. The van der Waals surface area contributed by atoms with Crippen molar-refractivity contribution in [3.63, 3.8) is 0 Å². The summed E-state index contributed by atoms with van der Waals surface area (Å²) in [6, 6.07) is 20.5. The lowest BCUT2D eigenvalue weighted by molar-refractivity contribution is 1.20. The van der Waals surface area contributed by atoms with Gasteiger partial charge in [0.1, 0.15) is 0 Å². The van der Waals surface area contributed by atoms with Crippen LogP contribution in [0.3, 0.4) is 0 Å². The third-order valence-electron chi connectivity index (χ3n) is 3.10. The molecule has 22 heavy (non-hydrogen) atoms. The number of anilines is 2. The van der Waals surface area contributed by atoms with E-state index in [0.29, 0.717) is 6.42 Å². The van der Waals surface area contributed by atoms with Crippen LogP contribution in [0.25, 0.3) is 0 Å². The number of hydrogen-bond donors (Lipinski definition) is 0. The van der Waals surface area contributed by atoms with Gasteiger partial charge in [0.25, 0.3) is 0 Å². The summed E-state index contributed by atoms with van der Waals surface area (Å²) in [5, 5.41) is 0. The molecule has 1 nitrogen and oxygen atoms in total. The Hall–Kier alpha value is -2.98. The van der Waals surface area contributed by atoms with Gasteiger partial charge in [-0.25, -0.2) is 0 Å². The summed E-state index contributed by atoms with van der Waals surface area (Å²) < 4.78 is 0. The van der Waals surface area contributed by atoms with E-state index in [1.54, 1.807) is 6.08 Å². The van der Waals surface area contributed by atoms with Gasteiger partial charge in [-0.05, 0) is 36.4 Å². The van der Waals surface area contributed by atoms with Crippen LogP contribution in [-0.2, 0) is 0 Å². The number of hydrogen-bond acceptors (Lipinski definition) is 1. The Labute approximate surface area is 132 Å². The summed E-state index contributed by atoms with van der Waals surface area (Å²) in [4.78, 5) is 2.18. The summed E-state index contributed by atoms with van der Waals surface area (Å²) >= 11 is 0. The third kappa shape index (κ3) is 4.01. The Bertz CT molecular complexity index is 648. The molecule has 0 saturated carbocycles. The lowest BCUT2D eigenvalue weighted by Crippen LogP contribution is -2.14. The van der Waals surface area contributed by atoms with Crippen LogP contribution in [0.1, 0.15) is 6.42 Å². The van der Waals surface area contributed by atoms with Gasteiger partial charge in [-0.15, -0.1) is 12.3 Å². The van der Waals surface area contributed by atoms with Gasteiger partial charge in [-0.1, -0.05) is 55.1 Å². The fourth-order valence-corrected chi connectivity index (χ4v) is 2.17. The average Bonchev–Trinajstić information content (AvgIpc) is 2.57. The van der Waals surface area contributed by atoms with Crippen LogP contribution in [0.15, 0.2) is 97.2 Å². The van der Waals surface area contributed by atoms with Gasteiger partial charge in [-0.3, -0.25) is 0 Å². The van der Waals surface area contributed by atoms with E-state index in [9.17, 15) is 0 Å². The first-order chi connectivity index (χ1) is 10.9. The van der Waals surface area contributed by atoms with Crippen molar-refractivity contribution in [3.8, 4) is 12.3 Å². The van der Waals surface area contributed by atoms with Gasteiger partial charge < -0.3 is 4.90 Å². The van der Waals surface area contributed by atoms with Crippen LogP contribution in [0.4, 0.5) is 11.4 Å². The van der Waals surface area contributed by atoms with Crippen molar-refractivity contribution >= 4 is 11.4 Å². The van der Waals surface area contributed by atoms with Crippen molar-refractivity contribution < 1.29 is 0 Å². The normalized spacial score (nSPS) is 11.1. The Balaban J connectivity index is 2.50. The number of rotatable bonds is 6. The first-order valence-electron chi connectivity index (χ1n) is 7.19. The van der Waals surface area contributed by atoms with E-state index in [1.807, 2.05) is 54.6 Å². The van der Waals surface area contributed by atoms with E-state index >= 15 is 0 Å². The molecule has 0 amide bonds. The SMILES string of the molecule is C#CC/C=C\C(=C/C=C)N(c1ccccc1)c1ccccc1. The molecule has 0 aromatic heterocycles. The summed E-state index contributed by atoms with van der Waals surface area (Å²) in [7, 11) is 0. The second-order valence-electron chi connectivity index (χ2n) is 4.64. The maximum absolute atomic E-state index is 5.33. The van der Waals surface area contributed by atoms with Gasteiger partial charge >= 0.3 is 0 Å². The zero-order valence-corrected chi connectivity index (χ0v) is 12.5. The Morgan fingerprint density at radius 1 is 1.00 bits per heavy atom. The molecule has 2 aromatic carbocycles. The minimum atomic E-state index is 0.603. The lowest BCUT2D eigenvalue weighted by atomic mass is 10.2. The van der Waals surface area contributed by atoms with Crippen LogP contribution >= 0.6 is 0 Å². The Kier molecular flexibility index (Phi) is 5.84. The van der Waals surface area contributed by atoms with Gasteiger partial charge in [0.2, 0.25) is 0 Å². The number of nitrogens with zero attached hydrogens (tertiary/aromatic N) is 1. The molecule has 0 aliphatic rings. The highest BCUT2D eigenvalue weighted by molar-refractivity contribution is 5.70. The van der Waals surface area contributed by atoms with Gasteiger partial charge in [0.05, 0.1) is 0 Å². The first-order valence-corrected chi connectivity index (χ1v) is 7.19. The molecule has 0 N–H and O–H groups in total. The maximum atomic E-state index is 5.33. The minimum absolute atomic E-state index is 0.603. The highest BCUT2D eigenvalue weighted by Crippen LogP contribution is 2.30. The molecular weight excluding hydrogens is 266 g/mol. The van der Waals surface area contributed by atoms with Gasteiger partial charge in [0, 0.05) is 23.5 Å². The molecule has 0 aliphatic carbocycles. The highest BCUT2D eigenvalue weighted by Gasteiger charge is 2.11. The summed E-state index contributed by atoms with van der Waals surface area (Å²) in [5.41, 5.74) is 3.20. The molecule has 2 rings (SSSR count). The van der Waals surface area contributed by atoms with E-state index in [1.165, 1.54) is 0 Å². The second-order valence-corrected chi connectivity index (χ2v) is 4.64. The van der Waals surface area contributed by atoms with Gasteiger partial charge in [-0.2, -0.15) is 0 Å².